The third-order valence-electron chi connectivity index (χ3n) is 4.72. The van der Waals surface area contributed by atoms with Crippen LogP contribution in [0.2, 0.25) is 0 Å². The summed E-state index contributed by atoms with van der Waals surface area (Å²) < 4.78 is 6.52. The number of hydrogen-bond acceptors (Lipinski definition) is 4. The number of benzene rings is 3. The number of rotatable bonds is 7. The molecule has 0 atom stereocenters. The number of aryl methyl sites for hydroxylation is 1. The molecule has 33 heavy (non-hydrogen) atoms. The summed E-state index contributed by atoms with van der Waals surface area (Å²) in [6.07, 6.45) is 0.790. The zero-order valence-corrected chi connectivity index (χ0v) is 20.7. The molecule has 0 aliphatic rings. The van der Waals surface area contributed by atoms with Gasteiger partial charge in [0, 0.05) is 30.3 Å². The topological polar surface area (TPSA) is 79.5 Å². The highest BCUT2D eigenvalue weighted by molar-refractivity contribution is 9.10. The van der Waals surface area contributed by atoms with Crippen LogP contribution in [0.3, 0.4) is 0 Å². The van der Waals surface area contributed by atoms with Crippen LogP contribution in [-0.2, 0) is 11.2 Å². The van der Waals surface area contributed by atoms with Crippen molar-refractivity contribution < 1.29 is 14.3 Å². The third-order valence-corrected chi connectivity index (χ3v) is 5.54. The second-order valence-corrected chi connectivity index (χ2v) is 8.61. The number of hydrogen-bond donors (Lipinski definition) is 3. The van der Waals surface area contributed by atoms with Crippen LogP contribution >= 0.6 is 28.1 Å². The molecular weight excluding hydrogens is 502 g/mol. The highest BCUT2D eigenvalue weighted by atomic mass is 79.9. The van der Waals surface area contributed by atoms with Crippen molar-refractivity contribution in [2.24, 2.45) is 0 Å². The van der Waals surface area contributed by atoms with Crippen molar-refractivity contribution in [2.75, 3.05) is 17.2 Å². The van der Waals surface area contributed by atoms with Crippen molar-refractivity contribution in [3.05, 3.63) is 87.9 Å². The molecule has 0 aliphatic heterocycles. The number of halogens is 1. The van der Waals surface area contributed by atoms with Gasteiger partial charge >= 0.3 is 0 Å². The summed E-state index contributed by atoms with van der Waals surface area (Å²) >= 11 is 8.74. The highest BCUT2D eigenvalue weighted by Crippen LogP contribution is 2.26. The minimum Gasteiger partial charge on any atom is -0.492 e. The van der Waals surface area contributed by atoms with E-state index in [1.807, 2.05) is 37.3 Å². The minimum atomic E-state index is -0.349. The van der Waals surface area contributed by atoms with Gasteiger partial charge in [-0.05, 0) is 76.5 Å². The van der Waals surface area contributed by atoms with Crippen molar-refractivity contribution in [1.82, 2.24) is 5.32 Å². The molecule has 3 N–H and O–H groups in total. The molecule has 3 aromatic rings. The maximum atomic E-state index is 12.6. The number of carbonyl (C=O) groups is 2. The fraction of sp³-hybridized carbons (Fsp3) is 0.160. The molecule has 0 fully saturated rings. The summed E-state index contributed by atoms with van der Waals surface area (Å²) in [5.41, 5.74) is 3.88. The van der Waals surface area contributed by atoms with Crippen LogP contribution in [-0.4, -0.2) is 23.5 Å². The fourth-order valence-corrected chi connectivity index (χ4v) is 3.75. The van der Waals surface area contributed by atoms with Gasteiger partial charge in [-0.2, -0.15) is 0 Å². The van der Waals surface area contributed by atoms with E-state index >= 15 is 0 Å². The molecular formula is C25H24BrN3O3S. The van der Waals surface area contributed by atoms with Crippen LogP contribution in [0.5, 0.6) is 5.75 Å². The van der Waals surface area contributed by atoms with Crippen molar-refractivity contribution >= 4 is 56.4 Å². The third kappa shape index (κ3) is 7.40. The molecule has 0 saturated carbocycles. The van der Waals surface area contributed by atoms with E-state index in [2.05, 4.69) is 44.0 Å². The van der Waals surface area contributed by atoms with Gasteiger partial charge in [-0.3, -0.25) is 14.9 Å². The number of thiocarbonyl (C=S) groups is 1. The number of nitrogens with one attached hydrogen (secondary N) is 3. The van der Waals surface area contributed by atoms with Gasteiger partial charge in [-0.1, -0.05) is 36.4 Å². The lowest BCUT2D eigenvalue weighted by Crippen LogP contribution is -2.34. The molecule has 0 saturated heterocycles. The Morgan fingerprint density at radius 2 is 1.76 bits per heavy atom. The van der Waals surface area contributed by atoms with Gasteiger partial charge in [0.05, 0.1) is 11.1 Å². The first-order valence-corrected chi connectivity index (χ1v) is 11.5. The maximum absolute atomic E-state index is 12.6. The summed E-state index contributed by atoms with van der Waals surface area (Å²) in [7, 11) is 0. The highest BCUT2D eigenvalue weighted by Gasteiger charge is 2.12. The molecule has 0 spiro atoms. The first kappa shape index (κ1) is 24.4. The number of amides is 2. The molecule has 0 unspecified atom stereocenters. The summed E-state index contributed by atoms with van der Waals surface area (Å²) in [4.78, 5) is 24.0. The Labute approximate surface area is 206 Å². The largest absolute Gasteiger partial charge is 0.492 e. The zero-order valence-electron chi connectivity index (χ0n) is 18.3. The normalized spacial score (nSPS) is 10.3. The van der Waals surface area contributed by atoms with Gasteiger partial charge in [-0.15, -0.1) is 0 Å². The molecule has 3 rings (SSSR count). The van der Waals surface area contributed by atoms with Crippen LogP contribution in [0.15, 0.2) is 71.2 Å². The average molecular weight is 526 g/mol. The maximum Gasteiger partial charge on any atom is 0.257 e. The van der Waals surface area contributed by atoms with E-state index in [4.69, 9.17) is 17.0 Å². The number of carbonyl (C=O) groups excluding carboxylic acids is 2. The van der Waals surface area contributed by atoms with E-state index in [-0.39, 0.29) is 16.9 Å². The van der Waals surface area contributed by atoms with Gasteiger partial charge in [0.15, 0.2) is 5.11 Å². The van der Waals surface area contributed by atoms with E-state index in [1.165, 1.54) is 12.5 Å². The summed E-state index contributed by atoms with van der Waals surface area (Å²) in [5, 5.41) is 8.54. The Bertz CT molecular complexity index is 1170. The molecule has 2 amide bonds. The van der Waals surface area contributed by atoms with Gasteiger partial charge in [0.25, 0.3) is 5.91 Å². The zero-order chi connectivity index (χ0) is 23.8. The predicted octanol–water partition coefficient (Wildman–Crippen LogP) is 5.46. The number of anilines is 2. The summed E-state index contributed by atoms with van der Waals surface area (Å²) in [6.45, 7) is 3.86. The standard InChI is InChI=1S/C25H24BrN3O3S/c1-16-8-10-20(15-22(16)27-17(2)30)28-25(33)29-24(31)19-9-11-23(21(26)14-19)32-13-12-18-6-4-3-5-7-18/h3-11,14-15H,12-13H2,1-2H3,(H,27,30)(H2,28,29,31,33). The van der Waals surface area contributed by atoms with E-state index in [9.17, 15) is 9.59 Å². The molecule has 3 aromatic carbocycles. The molecule has 0 radical (unpaired) electrons. The van der Waals surface area contributed by atoms with Gasteiger partial charge in [0.1, 0.15) is 5.75 Å². The van der Waals surface area contributed by atoms with Crippen LogP contribution < -0.4 is 20.7 Å². The molecule has 0 bridgehead atoms. The molecule has 6 nitrogen and oxygen atoms in total. The Morgan fingerprint density at radius 1 is 1.00 bits per heavy atom. The van der Waals surface area contributed by atoms with E-state index < -0.39 is 0 Å². The number of ether oxygens (including phenoxy) is 1. The molecule has 0 aliphatic carbocycles. The van der Waals surface area contributed by atoms with Gasteiger partial charge < -0.3 is 15.4 Å². The van der Waals surface area contributed by atoms with Crippen molar-refractivity contribution in [3.63, 3.8) is 0 Å². The van der Waals surface area contributed by atoms with Gasteiger partial charge in [0.2, 0.25) is 5.91 Å². The molecule has 8 heteroatoms. The van der Waals surface area contributed by atoms with Crippen molar-refractivity contribution in [3.8, 4) is 5.75 Å². The van der Waals surface area contributed by atoms with Crippen molar-refractivity contribution in [1.29, 1.82) is 0 Å². The van der Waals surface area contributed by atoms with Gasteiger partial charge in [-0.25, -0.2) is 0 Å². The Morgan fingerprint density at radius 3 is 2.45 bits per heavy atom. The van der Waals surface area contributed by atoms with E-state index in [1.54, 1.807) is 24.3 Å². The summed E-state index contributed by atoms with van der Waals surface area (Å²) in [5.74, 6) is 0.149. The van der Waals surface area contributed by atoms with Crippen LogP contribution in [0.25, 0.3) is 0 Å². The fourth-order valence-electron chi connectivity index (χ4n) is 3.04. The SMILES string of the molecule is CC(=O)Nc1cc(NC(=S)NC(=O)c2ccc(OCCc3ccccc3)c(Br)c2)ccc1C. The smallest absolute Gasteiger partial charge is 0.257 e. The molecule has 0 aromatic heterocycles. The second kappa shape index (κ2) is 11.6. The molecule has 0 heterocycles. The average Bonchev–Trinajstić information content (AvgIpc) is 2.77. The molecule has 170 valence electrons. The van der Waals surface area contributed by atoms with E-state index in [0.29, 0.717) is 33.8 Å². The Balaban J connectivity index is 1.56. The summed E-state index contributed by atoms with van der Waals surface area (Å²) in [6, 6.07) is 20.6. The second-order valence-electron chi connectivity index (χ2n) is 7.35. The lowest BCUT2D eigenvalue weighted by Gasteiger charge is -2.13. The lowest BCUT2D eigenvalue weighted by molar-refractivity contribution is -0.114. The van der Waals surface area contributed by atoms with E-state index in [0.717, 1.165) is 12.0 Å². The van der Waals surface area contributed by atoms with Crippen LogP contribution in [0, 0.1) is 6.92 Å². The van der Waals surface area contributed by atoms with Crippen LogP contribution in [0.1, 0.15) is 28.4 Å². The first-order chi connectivity index (χ1) is 15.8. The van der Waals surface area contributed by atoms with Crippen molar-refractivity contribution in [2.45, 2.75) is 20.3 Å². The Kier molecular flexibility index (Phi) is 8.57. The monoisotopic (exact) mass is 525 g/mol. The Hall–Kier alpha value is -3.23. The first-order valence-electron chi connectivity index (χ1n) is 10.3. The quantitative estimate of drug-likeness (QED) is 0.356. The van der Waals surface area contributed by atoms with Crippen LogP contribution in [0.4, 0.5) is 11.4 Å². The minimum absolute atomic E-state index is 0.150. The lowest BCUT2D eigenvalue weighted by atomic mass is 10.1. The predicted molar refractivity (Wildman–Crippen MR) is 139 cm³/mol.